The molecule has 0 saturated heterocycles. The summed E-state index contributed by atoms with van der Waals surface area (Å²) in [6.07, 6.45) is 0. The average molecular weight is 140 g/mol. The van der Waals surface area contributed by atoms with E-state index in [0.29, 0.717) is 0 Å². The quantitative estimate of drug-likeness (QED) is 0.394. The van der Waals surface area contributed by atoms with Gasteiger partial charge in [-0.2, -0.15) is 0 Å². The molecule has 0 aromatic carbocycles. The third-order valence-electron chi connectivity index (χ3n) is 0.692. The van der Waals surface area contributed by atoms with E-state index in [1.54, 1.807) is 0 Å². The molecule has 5 heteroatoms. The van der Waals surface area contributed by atoms with Gasteiger partial charge in [-0.1, -0.05) is 0 Å². The van der Waals surface area contributed by atoms with Crippen molar-refractivity contribution in [2.45, 2.75) is 0 Å². The van der Waals surface area contributed by atoms with Crippen LogP contribution in [0.2, 0.25) is 0 Å². The predicted molar refractivity (Wildman–Crippen MR) is 29.6 cm³/mol. The third kappa shape index (κ3) is 1.77. The molecule has 1 N–H and O–H groups in total. The Bertz CT molecular complexity index is 163. The predicted octanol–water partition coefficient (Wildman–Crippen LogP) is -0.505. The molecule has 50 valence electrons. The minimum atomic E-state index is -3.90. The lowest BCUT2D eigenvalue weighted by Crippen LogP contribution is -2.40. The molecule has 0 aliphatic carbocycles. The van der Waals surface area contributed by atoms with Gasteiger partial charge in [0.1, 0.15) is 0 Å². The van der Waals surface area contributed by atoms with E-state index in [9.17, 15) is 8.42 Å². The highest BCUT2D eigenvalue weighted by molar-refractivity contribution is 7.80. The topological polar surface area (TPSA) is 54.4 Å². The van der Waals surface area contributed by atoms with Crippen molar-refractivity contribution < 1.29 is 16.9 Å². The van der Waals surface area contributed by atoms with E-state index in [4.69, 9.17) is 4.55 Å². The zero-order valence-corrected chi connectivity index (χ0v) is 5.94. The highest BCUT2D eigenvalue weighted by Gasteiger charge is 2.23. The second-order valence-electron chi connectivity index (χ2n) is 2.34. The summed E-state index contributed by atoms with van der Waals surface area (Å²) in [4.78, 5) is 0. The van der Waals surface area contributed by atoms with Gasteiger partial charge in [-0.25, -0.2) is 8.44 Å². The minimum absolute atomic E-state index is 0.451. The lowest BCUT2D eigenvalue weighted by atomic mass is 11.0. The van der Waals surface area contributed by atoms with Crippen LogP contribution in [0.4, 0.5) is 0 Å². The molecule has 0 heterocycles. The van der Waals surface area contributed by atoms with Gasteiger partial charge in [0.2, 0.25) is 0 Å². The Balaban J connectivity index is 4.53. The first-order valence-electron chi connectivity index (χ1n) is 2.04. The molecule has 0 spiro atoms. The summed E-state index contributed by atoms with van der Waals surface area (Å²) in [5.74, 6) is 0. The van der Waals surface area contributed by atoms with Crippen LogP contribution in [0.5, 0.6) is 0 Å². The summed E-state index contributed by atoms with van der Waals surface area (Å²) in [7, 11) is 0.208. The molecule has 0 atom stereocenters. The van der Waals surface area contributed by atoms with Crippen LogP contribution >= 0.6 is 0 Å². The smallest absolute Gasteiger partial charge is 0.241 e. The Morgan fingerprint density at radius 2 is 1.38 bits per heavy atom. The van der Waals surface area contributed by atoms with Crippen molar-refractivity contribution in [3.8, 4) is 0 Å². The summed E-state index contributed by atoms with van der Waals surface area (Å²) in [6.45, 7) is 0. The summed E-state index contributed by atoms with van der Waals surface area (Å²) in [6, 6.07) is 0. The summed E-state index contributed by atoms with van der Waals surface area (Å²) < 4.78 is 28.2. The van der Waals surface area contributed by atoms with Gasteiger partial charge in [0.05, 0.1) is 21.1 Å². The molecule has 0 aliphatic rings. The van der Waals surface area contributed by atoms with E-state index >= 15 is 0 Å². The van der Waals surface area contributed by atoms with Crippen molar-refractivity contribution in [2.75, 3.05) is 21.1 Å². The van der Waals surface area contributed by atoms with Crippen LogP contribution < -0.4 is 0 Å². The van der Waals surface area contributed by atoms with Crippen LogP contribution in [0, 0.1) is 0 Å². The Labute approximate surface area is 49.2 Å². The van der Waals surface area contributed by atoms with Crippen LogP contribution in [0.3, 0.4) is 0 Å². The van der Waals surface area contributed by atoms with E-state index in [0.717, 1.165) is 0 Å². The first-order valence-corrected chi connectivity index (χ1v) is 3.44. The molecular weight excluding hydrogens is 130 g/mol. The Kier molecular flexibility index (Phi) is 1.65. The second kappa shape index (κ2) is 1.68. The SMILES string of the molecule is C[N+](C)(C)S(=O)(=O)O. The molecule has 0 bridgehead atoms. The zero-order valence-electron chi connectivity index (χ0n) is 5.12. The van der Waals surface area contributed by atoms with Crippen molar-refractivity contribution in [1.29, 1.82) is 0 Å². The van der Waals surface area contributed by atoms with Crippen molar-refractivity contribution in [1.82, 2.24) is 0 Å². The molecule has 8 heavy (non-hydrogen) atoms. The maximum absolute atomic E-state index is 10.2. The van der Waals surface area contributed by atoms with Gasteiger partial charge in [0.25, 0.3) is 0 Å². The van der Waals surface area contributed by atoms with Crippen molar-refractivity contribution in [2.24, 2.45) is 0 Å². The van der Waals surface area contributed by atoms with Crippen LogP contribution in [0.1, 0.15) is 0 Å². The first-order chi connectivity index (χ1) is 3.25. The fraction of sp³-hybridized carbons (Fsp3) is 1.00. The van der Waals surface area contributed by atoms with Crippen molar-refractivity contribution in [3.05, 3.63) is 0 Å². The lowest BCUT2D eigenvalue weighted by Gasteiger charge is -2.16. The standard InChI is InChI=1S/C3H9NO3S/c1-4(2,3)8(5,6)7/h1-3H3/p+1. The molecule has 4 nitrogen and oxygen atoms in total. The van der Waals surface area contributed by atoms with Gasteiger partial charge in [0.15, 0.2) is 0 Å². The fourth-order valence-corrected chi connectivity index (χ4v) is 0. The van der Waals surface area contributed by atoms with Gasteiger partial charge in [-0.3, -0.25) is 0 Å². The van der Waals surface area contributed by atoms with E-state index in [-0.39, 0.29) is 0 Å². The van der Waals surface area contributed by atoms with E-state index in [1.807, 2.05) is 0 Å². The van der Waals surface area contributed by atoms with Gasteiger partial charge in [-0.15, -0.1) is 8.42 Å². The molecule has 0 rings (SSSR count). The number of hydrogen-bond acceptors (Lipinski definition) is 2. The number of nitrogens with zero attached hydrogens (tertiary/aromatic N) is 1. The molecule has 0 aromatic rings. The highest BCUT2D eigenvalue weighted by atomic mass is 32.2. The zero-order chi connectivity index (χ0) is 7.00. The van der Waals surface area contributed by atoms with E-state index in [1.165, 1.54) is 21.1 Å². The summed E-state index contributed by atoms with van der Waals surface area (Å²) >= 11 is 0. The van der Waals surface area contributed by atoms with E-state index < -0.39 is 14.2 Å². The lowest BCUT2D eigenvalue weighted by molar-refractivity contribution is -0.744. The monoisotopic (exact) mass is 140 g/mol. The molecule has 0 aliphatic heterocycles. The number of hydrogen-bond donors (Lipinski definition) is 1. The minimum Gasteiger partial charge on any atom is -0.241 e. The van der Waals surface area contributed by atoms with Crippen LogP contribution in [0.15, 0.2) is 0 Å². The maximum Gasteiger partial charge on any atom is 0.432 e. The summed E-state index contributed by atoms with van der Waals surface area (Å²) in [5, 5.41) is 0. The molecule has 0 radical (unpaired) electrons. The van der Waals surface area contributed by atoms with Crippen molar-refractivity contribution >= 4 is 10.3 Å². The second-order valence-corrected chi connectivity index (χ2v) is 4.33. The summed E-state index contributed by atoms with van der Waals surface area (Å²) in [5.41, 5.74) is 0. The van der Waals surface area contributed by atoms with Gasteiger partial charge in [0, 0.05) is 0 Å². The molecular formula is C3H10NO3S+. The largest absolute Gasteiger partial charge is 0.432 e. The molecule has 0 unspecified atom stereocenters. The Morgan fingerprint density at radius 1 is 1.25 bits per heavy atom. The number of rotatable bonds is 1. The van der Waals surface area contributed by atoms with Gasteiger partial charge in [-0.05, 0) is 0 Å². The maximum atomic E-state index is 10.2. The van der Waals surface area contributed by atoms with Crippen LogP contribution in [-0.2, 0) is 10.3 Å². The highest BCUT2D eigenvalue weighted by Crippen LogP contribution is 1.97. The fourth-order valence-electron chi connectivity index (χ4n) is 0. The molecule has 0 amide bonds. The first kappa shape index (κ1) is 7.87. The number of quaternary nitrogens is 1. The van der Waals surface area contributed by atoms with Crippen LogP contribution in [-0.4, -0.2) is 38.0 Å². The normalized spacial score (nSPS) is 14.0. The average Bonchev–Trinajstić information content (AvgIpc) is 1.25. The molecule has 0 saturated carbocycles. The molecule has 0 aromatic heterocycles. The Hall–Kier alpha value is -0.130. The van der Waals surface area contributed by atoms with E-state index in [2.05, 4.69) is 0 Å². The van der Waals surface area contributed by atoms with Gasteiger partial charge >= 0.3 is 10.3 Å². The third-order valence-corrected chi connectivity index (χ3v) is 2.08. The van der Waals surface area contributed by atoms with Gasteiger partial charge < -0.3 is 0 Å². The van der Waals surface area contributed by atoms with Crippen LogP contribution in [0.25, 0.3) is 0 Å². The Morgan fingerprint density at radius 3 is 1.38 bits per heavy atom. The van der Waals surface area contributed by atoms with Crippen molar-refractivity contribution in [3.63, 3.8) is 0 Å². The molecule has 0 fully saturated rings.